The first-order valence-corrected chi connectivity index (χ1v) is 6.46. The molecule has 6 nitrogen and oxygen atoms in total. The maximum Gasteiger partial charge on any atom is 0.272 e. The Hall–Kier alpha value is -2.21. The van der Waals surface area contributed by atoms with Crippen molar-refractivity contribution in [1.82, 2.24) is 10.3 Å². The van der Waals surface area contributed by atoms with Crippen LogP contribution in [0.1, 0.15) is 17.9 Å². The molecule has 6 heteroatoms. The predicted molar refractivity (Wildman–Crippen MR) is 75.6 cm³/mol. The average Bonchev–Trinajstić information content (AvgIpc) is 2.87. The van der Waals surface area contributed by atoms with Gasteiger partial charge in [0, 0.05) is 23.6 Å². The fraction of sp³-hybridized carbons (Fsp3) is 0.357. The molecule has 1 N–H and O–H groups in total. The van der Waals surface area contributed by atoms with E-state index in [1.165, 1.54) is 6.07 Å². The largest absolute Gasteiger partial charge is 0.441 e. The molecule has 0 aliphatic carbocycles. The predicted octanol–water partition coefficient (Wildman–Crippen LogP) is 2.71. The minimum atomic E-state index is -0.386. The Morgan fingerprint density at radius 2 is 2.25 bits per heavy atom. The highest BCUT2D eigenvalue weighted by molar-refractivity contribution is 5.61. The van der Waals surface area contributed by atoms with E-state index in [1.54, 1.807) is 25.3 Å². The number of nitrogens with one attached hydrogen (secondary N) is 1. The normalized spacial score (nSPS) is 10.7. The minimum absolute atomic E-state index is 0.113. The molecular weight excluding hydrogens is 258 g/mol. The number of hydrogen-bond acceptors (Lipinski definition) is 5. The summed E-state index contributed by atoms with van der Waals surface area (Å²) >= 11 is 0. The molecule has 0 radical (unpaired) electrons. The number of hydrogen-bond donors (Lipinski definition) is 1. The van der Waals surface area contributed by atoms with Gasteiger partial charge in [-0.15, -0.1) is 0 Å². The topological polar surface area (TPSA) is 81.2 Å². The Bertz CT molecular complexity index is 607. The lowest BCUT2D eigenvalue weighted by Gasteiger charge is -2.00. The average molecular weight is 275 g/mol. The molecule has 0 saturated carbocycles. The SMILES string of the molecule is CNCCCc1ncc(-c2ccc([N+](=O)[O-])c(C)c2)o1. The first-order valence-electron chi connectivity index (χ1n) is 6.46. The van der Waals surface area contributed by atoms with E-state index >= 15 is 0 Å². The van der Waals surface area contributed by atoms with Crippen molar-refractivity contribution >= 4 is 5.69 Å². The van der Waals surface area contributed by atoms with Crippen LogP contribution >= 0.6 is 0 Å². The highest BCUT2D eigenvalue weighted by atomic mass is 16.6. The van der Waals surface area contributed by atoms with Gasteiger partial charge in [-0.1, -0.05) is 0 Å². The third kappa shape index (κ3) is 3.21. The fourth-order valence-corrected chi connectivity index (χ4v) is 1.99. The summed E-state index contributed by atoms with van der Waals surface area (Å²) in [5.74, 6) is 1.33. The molecule has 0 saturated heterocycles. The molecule has 0 fully saturated rings. The van der Waals surface area contributed by atoms with Crippen LogP contribution in [0.4, 0.5) is 5.69 Å². The second-order valence-electron chi connectivity index (χ2n) is 4.58. The minimum Gasteiger partial charge on any atom is -0.441 e. The number of nitro groups is 1. The lowest BCUT2D eigenvalue weighted by atomic mass is 10.1. The van der Waals surface area contributed by atoms with Gasteiger partial charge in [0.15, 0.2) is 11.7 Å². The van der Waals surface area contributed by atoms with Crippen molar-refractivity contribution < 1.29 is 9.34 Å². The van der Waals surface area contributed by atoms with Gasteiger partial charge in [-0.3, -0.25) is 10.1 Å². The number of benzene rings is 1. The van der Waals surface area contributed by atoms with E-state index in [1.807, 2.05) is 7.05 Å². The maximum atomic E-state index is 10.8. The second-order valence-corrected chi connectivity index (χ2v) is 4.58. The molecule has 0 aliphatic rings. The van der Waals surface area contributed by atoms with Crippen molar-refractivity contribution in [1.29, 1.82) is 0 Å². The van der Waals surface area contributed by atoms with Gasteiger partial charge in [0.2, 0.25) is 0 Å². The monoisotopic (exact) mass is 275 g/mol. The van der Waals surface area contributed by atoms with Crippen LogP contribution in [0.2, 0.25) is 0 Å². The molecule has 0 spiro atoms. The molecule has 0 amide bonds. The van der Waals surface area contributed by atoms with Gasteiger partial charge < -0.3 is 9.73 Å². The van der Waals surface area contributed by atoms with Gasteiger partial charge in [0.05, 0.1) is 11.1 Å². The van der Waals surface area contributed by atoms with E-state index < -0.39 is 0 Å². The lowest BCUT2D eigenvalue weighted by molar-refractivity contribution is -0.385. The summed E-state index contributed by atoms with van der Waals surface area (Å²) in [7, 11) is 1.90. The molecule has 2 aromatic rings. The third-order valence-corrected chi connectivity index (χ3v) is 3.05. The molecule has 0 bridgehead atoms. The molecule has 1 aromatic heterocycles. The van der Waals surface area contributed by atoms with Crippen LogP contribution in [-0.2, 0) is 6.42 Å². The fourth-order valence-electron chi connectivity index (χ4n) is 1.99. The Morgan fingerprint density at radius 3 is 2.90 bits per heavy atom. The van der Waals surface area contributed by atoms with Crippen molar-refractivity contribution in [2.75, 3.05) is 13.6 Å². The van der Waals surface area contributed by atoms with Gasteiger partial charge >= 0.3 is 0 Å². The summed E-state index contributed by atoms with van der Waals surface area (Å²) in [5, 5.41) is 13.9. The van der Waals surface area contributed by atoms with Crippen molar-refractivity contribution in [2.45, 2.75) is 19.8 Å². The Kier molecular flexibility index (Phi) is 4.47. The van der Waals surface area contributed by atoms with Crippen LogP contribution in [-0.4, -0.2) is 23.5 Å². The quantitative estimate of drug-likeness (QED) is 0.498. The van der Waals surface area contributed by atoms with Gasteiger partial charge in [-0.25, -0.2) is 4.98 Å². The molecule has 1 heterocycles. The zero-order valence-corrected chi connectivity index (χ0v) is 11.5. The molecule has 0 unspecified atom stereocenters. The second kappa shape index (κ2) is 6.29. The van der Waals surface area contributed by atoms with Gasteiger partial charge in [0.25, 0.3) is 5.69 Å². The summed E-state index contributed by atoms with van der Waals surface area (Å²) in [6.45, 7) is 2.63. The molecule has 0 atom stereocenters. The van der Waals surface area contributed by atoms with Gasteiger partial charge in [-0.2, -0.15) is 0 Å². The van der Waals surface area contributed by atoms with E-state index in [-0.39, 0.29) is 10.6 Å². The standard InChI is InChI=1S/C14H17N3O3/c1-10-8-11(5-6-12(10)17(18)19)13-9-16-14(20-13)4-3-7-15-2/h5-6,8-9,15H,3-4,7H2,1-2H3. The number of aromatic nitrogens is 1. The van der Waals surface area contributed by atoms with Crippen LogP contribution in [0.3, 0.4) is 0 Å². The lowest BCUT2D eigenvalue weighted by Crippen LogP contribution is -2.08. The van der Waals surface area contributed by atoms with Crippen molar-refractivity contribution in [3.63, 3.8) is 0 Å². The van der Waals surface area contributed by atoms with Gasteiger partial charge in [-0.05, 0) is 39.1 Å². The van der Waals surface area contributed by atoms with E-state index in [0.717, 1.165) is 24.9 Å². The molecule has 0 aliphatic heterocycles. The molecule has 2 rings (SSSR count). The van der Waals surface area contributed by atoms with Crippen LogP contribution < -0.4 is 5.32 Å². The Balaban J connectivity index is 2.15. The van der Waals surface area contributed by atoms with Crippen molar-refractivity contribution in [3.05, 3.63) is 46.0 Å². The van der Waals surface area contributed by atoms with Gasteiger partial charge in [0.1, 0.15) is 0 Å². The summed E-state index contributed by atoms with van der Waals surface area (Å²) in [6.07, 6.45) is 3.39. The van der Waals surface area contributed by atoms with Crippen LogP contribution in [0.15, 0.2) is 28.8 Å². The van der Waals surface area contributed by atoms with Crippen LogP contribution in [0.25, 0.3) is 11.3 Å². The summed E-state index contributed by atoms with van der Waals surface area (Å²) in [5.41, 5.74) is 1.53. The Morgan fingerprint density at radius 1 is 1.45 bits per heavy atom. The third-order valence-electron chi connectivity index (χ3n) is 3.05. The van der Waals surface area contributed by atoms with Crippen LogP contribution in [0, 0.1) is 17.0 Å². The highest BCUT2D eigenvalue weighted by Gasteiger charge is 2.13. The number of nitro benzene ring substituents is 1. The summed E-state index contributed by atoms with van der Waals surface area (Å²) in [6, 6.07) is 4.92. The highest BCUT2D eigenvalue weighted by Crippen LogP contribution is 2.26. The zero-order valence-electron chi connectivity index (χ0n) is 11.5. The van der Waals surface area contributed by atoms with E-state index in [4.69, 9.17) is 4.42 Å². The first-order chi connectivity index (χ1) is 9.61. The first kappa shape index (κ1) is 14.2. The molecule has 106 valence electrons. The summed E-state index contributed by atoms with van der Waals surface area (Å²) < 4.78 is 5.66. The van der Waals surface area contributed by atoms with Crippen molar-refractivity contribution in [2.24, 2.45) is 0 Å². The Labute approximate surface area is 117 Å². The zero-order chi connectivity index (χ0) is 14.5. The van der Waals surface area contributed by atoms with Crippen LogP contribution in [0.5, 0.6) is 0 Å². The number of oxazole rings is 1. The van der Waals surface area contributed by atoms with E-state index in [2.05, 4.69) is 10.3 Å². The maximum absolute atomic E-state index is 10.8. The molecule has 20 heavy (non-hydrogen) atoms. The number of aryl methyl sites for hydroxylation is 2. The molecule has 1 aromatic carbocycles. The smallest absolute Gasteiger partial charge is 0.272 e. The van der Waals surface area contributed by atoms with E-state index in [0.29, 0.717) is 17.2 Å². The summed E-state index contributed by atoms with van der Waals surface area (Å²) in [4.78, 5) is 14.6. The van der Waals surface area contributed by atoms with Crippen molar-refractivity contribution in [3.8, 4) is 11.3 Å². The van der Waals surface area contributed by atoms with E-state index in [9.17, 15) is 10.1 Å². The number of rotatable bonds is 6. The number of nitrogens with zero attached hydrogens (tertiary/aromatic N) is 2. The molecular formula is C14H17N3O3.